The summed E-state index contributed by atoms with van der Waals surface area (Å²) < 4.78 is 0. The highest BCUT2D eigenvalue weighted by Gasteiger charge is 2.34. The lowest BCUT2D eigenvalue weighted by molar-refractivity contribution is 0.660. The van der Waals surface area contributed by atoms with E-state index in [1.807, 2.05) is 6.07 Å². The van der Waals surface area contributed by atoms with Crippen LogP contribution in [-0.4, -0.2) is 0 Å². The van der Waals surface area contributed by atoms with E-state index in [1.54, 1.807) is 0 Å². The predicted molar refractivity (Wildman–Crippen MR) is 274 cm³/mol. The second-order valence-electron chi connectivity index (χ2n) is 17.3. The third-order valence-electron chi connectivity index (χ3n) is 12.2. The van der Waals surface area contributed by atoms with Crippen molar-refractivity contribution in [1.82, 2.24) is 0 Å². The minimum Gasteiger partial charge on any atom is -0.0622 e. The average Bonchev–Trinajstić information content (AvgIpc) is 3.55. The summed E-state index contributed by atoms with van der Waals surface area (Å²) in [7, 11) is 0. The van der Waals surface area contributed by atoms with Gasteiger partial charge in [-0.3, -0.25) is 0 Å². The Morgan fingerprint density at radius 2 is 0.698 bits per heavy atom. The first-order chi connectivity index (χ1) is 30.6. The van der Waals surface area contributed by atoms with E-state index in [-0.39, 0.29) is 5.41 Å². The number of aryl methyl sites for hydroxylation is 4. The molecule has 0 aromatic heterocycles. The fraction of sp³-hybridized carbons (Fsp3) is 0.111. The molecule has 0 amide bonds. The molecule has 0 heterocycles. The van der Waals surface area contributed by atoms with Crippen LogP contribution in [0.1, 0.15) is 47.2 Å². The number of hydrogen-bond acceptors (Lipinski definition) is 0. The summed E-state index contributed by atoms with van der Waals surface area (Å²) in [5, 5.41) is 5.21. The number of benzene rings is 10. The molecule has 0 bridgehead atoms. The maximum atomic E-state index is 2.33. The Morgan fingerprint density at radius 1 is 0.254 bits per heavy atom. The van der Waals surface area contributed by atoms with Crippen molar-refractivity contribution >= 4 is 21.5 Å². The second-order valence-corrected chi connectivity index (χ2v) is 17.3. The number of hydrogen-bond donors (Lipinski definition) is 0. The Bertz CT molecular complexity index is 3060. The maximum Gasteiger partial charge on any atom is 0.0158 e. The van der Waals surface area contributed by atoms with Gasteiger partial charge in [-0.15, -0.1) is 0 Å². The molecule has 0 radical (unpaired) electrons. The van der Waals surface area contributed by atoms with Gasteiger partial charge in [-0.2, -0.15) is 0 Å². The predicted octanol–water partition coefficient (Wildman–Crippen LogP) is 17.6. The Morgan fingerprint density at radius 3 is 1.37 bits per heavy atom. The van der Waals surface area contributed by atoms with Crippen molar-refractivity contribution in [2.75, 3.05) is 0 Å². The Hall–Kier alpha value is -7.28. The van der Waals surface area contributed by atoms with Gasteiger partial charge in [-0.1, -0.05) is 261 Å². The molecular formula is C63H56. The summed E-state index contributed by atoms with van der Waals surface area (Å²) in [6.07, 6.45) is 0. The molecule has 0 spiro atoms. The molecule has 0 nitrogen and oxygen atoms in total. The third-order valence-corrected chi connectivity index (χ3v) is 12.2. The van der Waals surface area contributed by atoms with Crippen molar-refractivity contribution in [3.8, 4) is 44.5 Å². The molecule has 0 heteroatoms. The molecule has 10 aromatic rings. The lowest BCUT2D eigenvalue weighted by Gasteiger charge is -2.21. The number of rotatable bonds is 3. The first kappa shape index (κ1) is 42.4. The van der Waals surface area contributed by atoms with Gasteiger partial charge in [-0.25, -0.2) is 0 Å². The van der Waals surface area contributed by atoms with Gasteiger partial charge >= 0.3 is 0 Å². The molecule has 0 fully saturated rings. The lowest BCUT2D eigenvalue weighted by atomic mass is 9.82. The van der Waals surface area contributed by atoms with E-state index in [4.69, 9.17) is 0 Å². The van der Waals surface area contributed by atoms with Crippen LogP contribution in [0.4, 0.5) is 0 Å². The summed E-state index contributed by atoms with van der Waals surface area (Å²) in [4.78, 5) is 0. The molecule has 63 heavy (non-hydrogen) atoms. The van der Waals surface area contributed by atoms with Gasteiger partial charge in [0.2, 0.25) is 0 Å². The Balaban J connectivity index is 0.000000116. The van der Waals surface area contributed by atoms with Crippen LogP contribution in [0.25, 0.3) is 66.1 Å². The molecule has 0 saturated heterocycles. The summed E-state index contributed by atoms with van der Waals surface area (Å²) in [6.45, 7) is 13.1. The van der Waals surface area contributed by atoms with Crippen LogP contribution < -0.4 is 0 Å². The van der Waals surface area contributed by atoms with E-state index < -0.39 is 0 Å². The van der Waals surface area contributed by atoms with Crippen molar-refractivity contribution in [3.05, 3.63) is 264 Å². The van der Waals surface area contributed by atoms with Crippen LogP contribution in [0.3, 0.4) is 0 Å². The summed E-state index contributed by atoms with van der Waals surface area (Å²) in [6, 6.07) is 82.1. The van der Waals surface area contributed by atoms with E-state index in [0.717, 1.165) is 0 Å². The SMILES string of the molecule is Cc1ccc(-c2ccc3ccccc3c2)cc1.Cc1ccc(-c2cccc3ccccc23)cc1.Cc1ccc(-c2ccccc2)cc1.Cc1ccc2c(c1)C(C)(C)c1ccccc1-2. The van der Waals surface area contributed by atoms with Crippen molar-refractivity contribution in [2.24, 2.45) is 0 Å². The van der Waals surface area contributed by atoms with E-state index in [0.29, 0.717) is 0 Å². The Labute approximate surface area is 375 Å². The average molecular weight is 813 g/mol. The summed E-state index contributed by atoms with van der Waals surface area (Å²) in [5.74, 6) is 0. The van der Waals surface area contributed by atoms with E-state index >= 15 is 0 Å². The van der Waals surface area contributed by atoms with Crippen LogP contribution in [0.5, 0.6) is 0 Å². The van der Waals surface area contributed by atoms with Gasteiger partial charge in [0.1, 0.15) is 0 Å². The van der Waals surface area contributed by atoms with Gasteiger partial charge in [0.15, 0.2) is 0 Å². The van der Waals surface area contributed by atoms with Gasteiger partial charge < -0.3 is 0 Å². The van der Waals surface area contributed by atoms with Crippen molar-refractivity contribution in [2.45, 2.75) is 47.0 Å². The Kier molecular flexibility index (Phi) is 12.9. The second kappa shape index (κ2) is 19.2. The van der Waals surface area contributed by atoms with Crippen molar-refractivity contribution in [1.29, 1.82) is 0 Å². The maximum absolute atomic E-state index is 2.33. The molecule has 0 N–H and O–H groups in total. The zero-order chi connectivity index (χ0) is 43.8. The minimum absolute atomic E-state index is 0.151. The lowest BCUT2D eigenvalue weighted by Crippen LogP contribution is -2.14. The number of fused-ring (bicyclic) bond motifs is 5. The monoisotopic (exact) mass is 812 g/mol. The van der Waals surface area contributed by atoms with Gasteiger partial charge in [0.25, 0.3) is 0 Å². The van der Waals surface area contributed by atoms with E-state index in [1.165, 1.54) is 99.4 Å². The molecule has 0 aliphatic heterocycles. The van der Waals surface area contributed by atoms with Crippen LogP contribution in [0.15, 0.2) is 231 Å². The smallest absolute Gasteiger partial charge is 0.0158 e. The van der Waals surface area contributed by atoms with Crippen LogP contribution >= 0.6 is 0 Å². The summed E-state index contributed by atoms with van der Waals surface area (Å²) in [5.41, 5.74) is 18.9. The largest absolute Gasteiger partial charge is 0.0622 e. The summed E-state index contributed by atoms with van der Waals surface area (Å²) >= 11 is 0. The molecule has 0 unspecified atom stereocenters. The van der Waals surface area contributed by atoms with Gasteiger partial charge in [0.05, 0.1) is 0 Å². The first-order valence-corrected chi connectivity index (χ1v) is 22.1. The zero-order valence-corrected chi connectivity index (χ0v) is 37.4. The highest BCUT2D eigenvalue weighted by atomic mass is 14.4. The van der Waals surface area contributed by atoms with Crippen LogP contribution in [0.2, 0.25) is 0 Å². The zero-order valence-electron chi connectivity index (χ0n) is 37.4. The third kappa shape index (κ3) is 9.94. The molecular weight excluding hydrogens is 757 g/mol. The molecule has 1 aliphatic rings. The fourth-order valence-corrected chi connectivity index (χ4v) is 8.52. The molecule has 11 rings (SSSR count). The minimum atomic E-state index is 0.151. The van der Waals surface area contributed by atoms with Crippen LogP contribution in [-0.2, 0) is 5.41 Å². The topological polar surface area (TPSA) is 0 Å². The van der Waals surface area contributed by atoms with Crippen molar-refractivity contribution < 1.29 is 0 Å². The van der Waals surface area contributed by atoms with Crippen molar-refractivity contribution in [3.63, 3.8) is 0 Å². The molecule has 0 saturated carbocycles. The molecule has 10 aromatic carbocycles. The molecule has 0 atom stereocenters. The fourth-order valence-electron chi connectivity index (χ4n) is 8.52. The van der Waals surface area contributed by atoms with E-state index in [2.05, 4.69) is 266 Å². The molecule has 308 valence electrons. The normalized spacial score (nSPS) is 11.8. The molecule has 1 aliphatic carbocycles. The van der Waals surface area contributed by atoms with Gasteiger partial charge in [0, 0.05) is 5.41 Å². The highest BCUT2D eigenvalue weighted by molar-refractivity contribution is 5.96. The standard InChI is InChI=1S/2C17H14.C16H16.C13H12/c1-13-9-11-15(12-10-13)17-8-4-6-14-5-2-3-7-16(14)17;1-13-6-8-15(9-7-13)17-11-10-14-4-2-3-5-16(14)12-17;1-11-8-9-13-12-6-4-5-7-14(12)16(2,3)15(13)10-11;1-11-7-9-13(10-8-11)12-5-3-2-4-6-12/h2*2-12H,1H3;4-10H,1-3H3;2-10H,1H3. The van der Waals surface area contributed by atoms with Gasteiger partial charge in [-0.05, 0) is 111 Å². The quantitative estimate of drug-likeness (QED) is 0.167. The van der Waals surface area contributed by atoms with Crippen LogP contribution in [0, 0.1) is 27.7 Å². The van der Waals surface area contributed by atoms with E-state index in [9.17, 15) is 0 Å². The highest BCUT2D eigenvalue weighted by Crippen LogP contribution is 2.48. The first-order valence-electron chi connectivity index (χ1n) is 22.1.